The van der Waals surface area contributed by atoms with Gasteiger partial charge in [0, 0.05) is 11.5 Å². The Kier molecular flexibility index (Phi) is 5.78. The second-order valence-corrected chi connectivity index (χ2v) is 12.1. The number of rotatable bonds is 4. The topological polar surface area (TPSA) is 112 Å². The molecule has 1 aromatic heterocycles. The van der Waals surface area contributed by atoms with Crippen LogP contribution in [0.1, 0.15) is 90.0 Å². The lowest BCUT2D eigenvalue weighted by atomic mass is 9.42. The molecule has 1 heterocycles. The number of esters is 1. The van der Waals surface area contributed by atoms with E-state index in [1.807, 2.05) is 6.07 Å². The Hall–Kier alpha value is -2.02. The van der Waals surface area contributed by atoms with Crippen molar-refractivity contribution in [3.8, 4) is 0 Å². The van der Waals surface area contributed by atoms with E-state index in [9.17, 15) is 14.5 Å². The summed E-state index contributed by atoms with van der Waals surface area (Å²) >= 11 is 0. The molecule has 0 aromatic carbocycles. The van der Waals surface area contributed by atoms with Crippen LogP contribution in [0.5, 0.6) is 0 Å². The molecular weight excluding hydrogens is 432 g/mol. The Morgan fingerprint density at radius 1 is 1.12 bits per heavy atom. The third-order valence-electron chi connectivity index (χ3n) is 10.7. The zero-order chi connectivity index (χ0) is 24.3. The van der Waals surface area contributed by atoms with Crippen LogP contribution in [-0.4, -0.2) is 23.7 Å². The summed E-state index contributed by atoms with van der Waals surface area (Å²) in [5, 5.41) is 4.01. The zero-order valence-corrected chi connectivity index (χ0v) is 20.6. The van der Waals surface area contributed by atoms with Crippen molar-refractivity contribution in [2.45, 2.75) is 102 Å². The lowest BCUT2D eigenvalue weighted by Gasteiger charge is -2.63. The van der Waals surface area contributed by atoms with Crippen LogP contribution in [0.25, 0.3) is 0 Å². The monoisotopic (exact) mass is 470 g/mol. The number of ether oxygens (including phenoxy) is 1. The van der Waals surface area contributed by atoms with Gasteiger partial charge in [0.25, 0.3) is 0 Å². The Morgan fingerprint density at radius 3 is 2.59 bits per heavy atom. The first-order valence-corrected chi connectivity index (χ1v) is 13.0. The van der Waals surface area contributed by atoms with Crippen LogP contribution in [0.15, 0.2) is 32.8 Å². The van der Waals surface area contributed by atoms with E-state index in [-0.39, 0.29) is 40.4 Å². The van der Waals surface area contributed by atoms with Gasteiger partial charge in [0.05, 0.1) is 6.26 Å². The summed E-state index contributed by atoms with van der Waals surface area (Å²) in [5.41, 5.74) is 5.71. The van der Waals surface area contributed by atoms with Crippen molar-refractivity contribution in [3.63, 3.8) is 0 Å². The summed E-state index contributed by atoms with van der Waals surface area (Å²) in [7, 11) is 0. The maximum atomic E-state index is 12.8. The van der Waals surface area contributed by atoms with Crippen LogP contribution < -0.4 is 11.4 Å². The summed E-state index contributed by atoms with van der Waals surface area (Å²) in [5.74, 6) is 1.08. The normalized spacial score (nSPS) is 44.3. The molecule has 4 aliphatic rings. The summed E-state index contributed by atoms with van der Waals surface area (Å²) < 4.78 is 10.9. The number of carbonyl (C=O) groups is 1. The Morgan fingerprint density at radius 2 is 1.91 bits per heavy atom. The van der Waals surface area contributed by atoms with E-state index in [1.54, 1.807) is 13.2 Å². The second-order valence-electron chi connectivity index (χ2n) is 12.1. The van der Waals surface area contributed by atoms with Crippen LogP contribution in [-0.2, 0) is 9.53 Å². The summed E-state index contributed by atoms with van der Waals surface area (Å²) in [6.07, 6.45) is 10.1. The van der Waals surface area contributed by atoms with Crippen LogP contribution in [0.4, 0.5) is 0 Å². The molecule has 4 aliphatic carbocycles. The number of fused-ring (bicyclic) bond motifs is 5. The molecule has 9 unspecified atom stereocenters. The molecule has 0 aliphatic heterocycles. The molecule has 4 fully saturated rings. The van der Waals surface area contributed by atoms with E-state index < -0.39 is 11.6 Å². The van der Waals surface area contributed by atoms with Gasteiger partial charge in [-0.25, -0.2) is 4.79 Å². The average molecular weight is 471 g/mol. The van der Waals surface area contributed by atoms with E-state index in [1.165, 1.54) is 6.07 Å². The maximum absolute atomic E-state index is 12.8. The fraction of sp³-hybridized carbons (Fsp3) is 0.778. The van der Waals surface area contributed by atoms with Crippen molar-refractivity contribution in [1.82, 2.24) is 0 Å². The van der Waals surface area contributed by atoms with Gasteiger partial charge in [-0.15, -0.1) is 0 Å². The molecule has 5 rings (SSSR count). The molecule has 0 bridgehead atoms. The van der Waals surface area contributed by atoms with E-state index >= 15 is 0 Å². The van der Waals surface area contributed by atoms with Crippen LogP contribution in [0.2, 0.25) is 0 Å². The fourth-order valence-electron chi connectivity index (χ4n) is 8.88. The van der Waals surface area contributed by atoms with Crippen molar-refractivity contribution >= 4 is 5.97 Å². The lowest BCUT2D eigenvalue weighted by Crippen LogP contribution is -2.61. The van der Waals surface area contributed by atoms with Gasteiger partial charge in [0.1, 0.15) is 17.7 Å². The fourth-order valence-corrected chi connectivity index (χ4v) is 8.88. The molecule has 0 amide bonds. The van der Waals surface area contributed by atoms with Crippen molar-refractivity contribution < 1.29 is 13.9 Å². The zero-order valence-electron chi connectivity index (χ0n) is 20.6. The van der Waals surface area contributed by atoms with Crippen molar-refractivity contribution in [1.29, 1.82) is 0 Å². The highest BCUT2D eigenvalue weighted by atomic mass is 16.5. The van der Waals surface area contributed by atoms with Crippen LogP contribution in [0, 0.1) is 33.5 Å². The predicted molar refractivity (Wildman–Crippen MR) is 128 cm³/mol. The highest BCUT2D eigenvalue weighted by molar-refractivity contribution is 5.75. The highest BCUT2D eigenvalue weighted by Gasteiger charge is 2.69. The summed E-state index contributed by atoms with van der Waals surface area (Å²) in [6, 6.07) is 2.77. The minimum Gasteiger partial charge on any atom is -0.461 e. The molecule has 7 nitrogen and oxygen atoms in total. The smallest absolute Gasteiger partial charge is 0.335 e. The summed E-state index contributed by atoms with van der Waals surface area (Å²) in [4.78, 5) is 36.4. The molecule has 34 heavy (non-hydrogen) atoms. The highest BCUT2D eigenvalue weighted by Crippen LogP contribution is 2.71. The Labute approximate surface area is 201 Å². The molecule has 186 valence electrons. The van der Waals surface area contributed by atoms with E-state index in [0.29, 0.717) is 11.8 Å². The average Bonchev–Trinajstić information content (AvgIpc) is 3.13. The van der Waals surface area contributed by atoms with Crippen molar-refractivity contribution in [2.75, 3.05) is 0 Å². The number of carbonyl (C=O) groups excluding carboxylic acids is 1. The molecule has 7 heteroatoms. The molecule has 2 N–H and O–H groups in total. The van der Waals surface area contributed by atoms with Gasteiger partial charge in [-0.05, 0) is 105 Å². The number of nitrogens with two attached hydrogens (primary N) is 1. The predicted octanol–water partition coefficient (Wildman–Crippen LogP) is 4.91. The van der Waals surface area contributed by atoms with E-state index in [4.69, 9.17) is 14.9 Å². The third kappa shape index (κ3) is 3.33. The number of hydrogen-bond acceptors (Lipinski definition) is 7. The standard InChI is InChI=1S/C27H38N2O5/c1-16(28)24(31)34-19-8-11-25(2)18(14-19)5-6-22-21(25)9-12-26(3)20(10-13-27(22,26)29-32)17-4-7-23(30)33-15-17/h4,7,15-16,18-22H,5-6,8-14,28H2,1-3H3. The first kappa shape index (κ1) is 23.7. The number of nitrogens with zero attached hydrogens (tertiary/aromatic N) is 1. The van der Waals surface area contributed by atoms with Crippen molar-refractivity contribution in [3.05, 3.63) is 39.3 Å². The molecule has 0 radical (unpaired) electrons. The largest absolute Gasteiger partial charge is 0.461 e. The minimum atomic E-state index is -0.591. The van der Waals surface area contributed by atoms with Gasteiger partial charge in [-0.2, -0.15) is 4.91 Å². The SMILES string of the molecule is CC(N)C(=O)OC1CCC2(C)C(CCC3C2CCC2(C)C(c4ccc(=O)oc4)CCC32N=O)C1. The first-order chi connectivity index (χ1) is 16.1. The van der Waals surface area contributed by atoms with E-state index in [2.05, 4.69) is 19.0 Å². The second kappa shape index (κ2) is 8.28. The van der Waals surface area contributed by atoms with Gasteiger partial charge in [-0.3, -0.25) is 4.79 Å². The summed E-state index contributed by atoms with van der Waals surface area (Å²) in [6.45, 7) is 6.34. The molecule has 0 saturated heterocycles. The minimum absolute atomic E-state index is 0.0521. The third-order valence-corrected chi connectivity index (χ3v) is 10.7. The maximum Gasteiger partial charge on any atom is 0.335 e. The van der Waals surface area contributed by atoms with Gasteiger partial charge in [-0.1, -0.05) is 19.0 Å². The quantitative estimate of drug-likeness (QED) is 0.494. The molecular formula is C27H38N2O5. The van der Waals surface area contributed by atoms with Crippen molar-refractivity contribution in [2.24, 2.45) is 39.5 Å². The first-order valence-electron chi connectivity index (χ1n) is 13.0. The van der Waals surface area contributed by atoms with Crippen LogP contribution >= 0.6 is 0 Å². The van der Waals surface area contributed by atoms with Gasteiger partial charge in [0.2, 0.25) is 0 Å². The molecule has 1 aromatic rings. The number of nitroso groups, excluding NO2 is 1. The Bertz CT molecular complexity index is 1000. The number of hydrogen-bond donors (Lipinski definition) is 1. The molecule has 0 spiro atoms. The van der Waals surface area contributed by atoms with Gasteiger partial charge < -0.3 is 14.9 Å². The Balaban J connectivity index is 1.40. The van der Waals surface area contributed by atoms with Gasteiger partial charge in [0.15, 0.2) is 0 Å². The van der Waals surface area contributed by atoms with Gasteiger partial charge >= 0.3 is 11.6 Å². The van der Waals surface area contributed by atoms with E-state index in [0.717, 1.165) is 63.4 Å². The molecule has 4 saturated carbocycles. The lowest BCUT2D eigenvalue weighted by molar-refractivity contribution is -0.164. The van der Waals surface area contributed by atoms with Crippen LogP contribution in [0.3, 0.4) is 0 Å². The molecule has 9 atom stereocenters.